The van der Waals surface area contributed by atoms with Crippen LogP contribution in [-0.4, -0.2) is 26.6 Å². The number of amides is 1. The van der Waals surface area contributed by atoms with Gasteiger partial charge < -0.3 is 15.1 Å². The molecule has 0 aliphatic carbocycles. The molecule has 108 valence electrons. The molecular formula is C14H20N4O2. The number of hydrogen-bond donors (Lipinski definition) is 1. The second kappa shape index (κ2) is 5.81. The Hall–Kier alpha value is -2.24. The van der Waals surface area contributed by atoms with E-state index in [0.717, 1.165) is 11.5 Å². The van der Waals surface area contributed by atoms with Gasteiger partial charge in [-0.3, -0.25) is 9.48 Å². The van der Waals surface area contributed by atoms with Crippen LogP contribution in [0.5, 0.6) is 0 Å². The molecule has 0 fully saturated rings. The molecule has 0 unspecified atom stereocenters. The highest BCUT2D eigenvalue weighted by Gasteiger charge is 2.19. The Labute approximate surface area is 118 Å². The molecule has 0 aromatic carbocycles. The van der Waals surface area contributed by atoms with Gasteiger partial charge in [0.05, 0.1) is 6.54 Å². The summed E-state index contributed by atoms with van der Waals surface area (Å²) in [5.41, 5.74) is 5.54. The first-order valence-corrected chi connectivity index (χ1v) is 6.59. The first-order chi connectivity index (χ1) is 9.45. The Morgan fingerprint density at radius 1 is 1.45 bits per heavy atom. The summed E-state index contributed by atoms with van der Waals surface area (Å²) in [6.07, 6.45) is 1.70. The van der Waals surface area contributed by atoms with Gasteiger partial charge in [0.15, 0.2) is 0 Å². The molecule has 0 aliphatic rings. The number of anilines is 1. The molecule has 6 heteroatoms. The topological polar surface area (TPSA) is 77.3 Å². The molecule has 6 nitrogen and oxygen atoms in total. The SMILES string of the molecule is Cc1ccc(CN(C(=O)Cn2ccc(N)n2)C(C)C)o1. The van der Waals surface area contributed by atoms with Gasteiger partial charge in [-0.2, -0.15) is 5.10 Å². The number of aryl methyl sites for hydroxylation is 1. The van der Waals surface area contributed by atoms with Crippen molar-refractivity contribution in [2.45, 2.75) is 39.9 Å². The first-order valence-electron chi connectivity index (χ1n) is 6.59. The highest BCUT2D eigenvalue weighted by molar-refractivity contribution is 5.76. The second-order valence-electron chi connectivity index (χ2n) is 5.07. The summed E-state index contributed by atoms with van der Waals surface area (Å²) < 4.78 is 7.07. The number of hydrogen-bond acceptors (Lipinski definition) is 4. The fraction of sp³-hybridized carbons (Fsp3) is 0.429. The van der Waals surface area contributed by atoms with Crippen LogP contribution in [0.1, 0.15) is 25.4 Å². The van der Waals surface area contributed by atoms with Crippen molar-refractivity contribution in [3.05, 3.63) is 35.9 Å². The Bertz CT molecular complexity index is 586. The van der Waals surface area contributed by atoms with Gasteiger partial charge in [0.2, 0.25) is 5.91 Å². The normalized spacial score (nSPS) is 11.0. The van der Waals surface area contributed by atoms with Crippen molar-refractivity contribution in [1.82, 2.24) is 14.7 Å². The summed E-state index contributed by atoms with van der Waals surface area (Å²) in [7, 11) is 0. The van der Waals surface area contributed by atoms with Crippen molar-refractivity contribution in [3.8, 4) is 0 Å². The van der Waals surface area contributed by atoms with E-state index in [9.17, 15) is 4.79 Å². The third-order valence-corrected chi connectivity index (χ3v) is 3.02. The Morgan fingerprint density at radius 2 is 2.20 bits per heavy atom. The summed E-state index contributed by atoms with van der Waals surface area (Å²) in [6, 6.07) is 5.54. The Kier molecular flexibility index (Phi) is 4.12. The number of nitrogen functional groups attached to an aromatic ring is 1. The summed E-state index contributed by atoms with van der Waals surface area (Å²) in [5.74, 6) is 2.02. The van der Waals surface area contributed by atoms with Gasteiger partial charge in [0.25, 0.3) is 0 Å². The molecule has 1 amide bonds. The fourth-order valence-electron chi connectivity index (χ4n) is 1.99. The predicted molar refractivity (Wildman–Crippen MR) is 75.8 cm³/mol. The lowest BCUT2D eigenvalue weighted by Crippen LogP contribution is -2.38. The van der Waals surface area contributed by atoms with E-state index in [1.54, 1.807) is 21.8 Å². The van der Waals surface area contributed by atoms with Crippen molar-refractivity contribution < 1.29 is 9.21 Å². The van der Waals surface area contributed by atoms with E-state index in [2.05, 4.69) is 5.10 Å². The summed E-state index contributed by atoms with van der Waals surface area (Å²) in [6.45, 7) is 6.48. The van der Waals surface area contributed by atoms with Crippen LogP contribution in [0.4, 0.5) is 5.82 Å². The number of aromatic nitrogens is 2. The number of rotatable bonds is 5. The lowest BCUT2D eigenvalue weighted by Gasteiger charge is -2.25. The lowest BCUT2D eigenvalue weighted by molar-refractivity contribution is -0.134. The molecule has 0 saturated carbocycles. The van der Waals surface area contributed by atoms with Gasteiger partial charge in [-0.05, 0) is 39.0 Å². The van der Waals surface area contributed by atoms with Gasteiger partial charge in [-0.1, -0.05) is 0 Å². The predicted octanol–water partition coefficient (Wildman–Crippen LogP) is 1.80. The molecule has 20 heavy (non-hydrogen) atoms. The van der Waals surface area contributed by atoms with Gasteiger partial charge in [0, 0.05) is 12.2 Å². The van der Waals surface area contributed by atoms with E-state index < -0.39 is 0 Å². The molecule has 2 N–H and O–H groups in total. The molecule has 0 atom stereocenters. The van der Waals surface area contributed by atoms with Crippen LogP contribution in [0.3, 0.4) is 0 Å². The van der Waals surface area contributed by atoms with Crippen LogP contribution < -0.4 is 5.73 Å². The molecule has 2 aromatic rings. The quantitative estimate of drug-likeness (QED) is 0.903. The molecule has 2 aromatic heterocycles. The average molecular weight is 276 g/mol. The molecule has 0 spiro atoms. The number of nitrogens with two attached hydrogens (primary N) is 1. The zero-order chi connectivity index (χ0) is 14.7. The Balaban J connectivity index is 2.06. The van der Waals surface area contributed by atoms with Crippen LogP contribution in [0.15, 0.2) is 28.8 Å². The van der Waals surface area contributed by atoms with Crippen molar-refractivity contribution in [3.63, 3.8) is 0 Å². The number of carbonyl (C=O) groups excluding carboxylic acids is 1. The number of nitrogens with zero attached hydrogens (tertiary/aromatic N) is 3. The van der Waals surface area contributed by atoms with E-state index in [-0.39, 0.29) is 18.5 Å². The highest BCUT2D eigenvalue weighted by Crippen LogP contribution is 2.12. The average Bonchev–Trinajstić information content (AvgIpc) is 2.95. The van der Waals surface area contributed by atoms with Crippen LogP contribution in [-0.2, 0) is 17.9 Å². The van der Waals surface area contributed by atoms with Crippen molar-refractivity contribution in [2.75, 3.05) is 5.73 Å². The van der Waals surface area contributed by atoms with Crippen molar-refractivity contribution in [1.29, 1.82) is 0 Å². The second-order valence-corrected chi connectivity index (χ2v) is 5.07. The largest absolute Gasteiger partial charge is 0.464 e. The van der Waals surface area contributed by atoms with Crippen LogP contribution in [0, 0.1) is 6.92 Å². The van der Waals surface area contributed by atoms with E-state index in [0.29, 0.717) is 12.4 Å². The van der Waals surface area contributed by atoms with Gasteiger partial charge in [-0.25, -0.2) is 0 Å². The Morgan fingerprint density at radius 3 is 2.70 bits per heavy atom. The molecule has 0 saturated heterocycles. The monoisotopic (exact) mass is 276 g/mol. The molecule has 2 rings (SSSR count). The maximum absolute atomic E-state index is 12.4. The highest BCUT2D eigenvalue weighted by atomic mass is 16.3. The summed E-state index contributed by atoms with van der Waals surface area (Å²) in [5, 5.41) is 4.03. The zero-order valence-corrected chi connectivity index (χ0v) is 12.0. The van der Waals surface area contributed by atoms with Gasteiger partial charge in [0.1, 0.15) is 23.9 Å². The van der Waals surface area contributed by atoms with Crippen LogP contribution >= 0.6 is 0 Å². The maximum Gasteiger partial charge on any atom is 0.244 e. The van der Waals surface area contributed by atoms with Crippen molar-refractivity contribution >= 4 is 11.7 Å². The smallest absolute Gasteiger partial charge is 0.244 e. The van der Waals surface area contributed by atoms with Crippen molar-refractivity contribution in [2.24, 2.45) is 0 Å². The number of carbonyl (C=O) groups is 1. The standard InChI is InChI=1S/C14H20N4O2/c1-10(2)18(8-12-5-4-11(3)20-12)14(19)9-17-7-6-13(15)16-17/h4-7,10H,8-9H2,1-3H3,(H2,15,16). The molecule has 0 aliphatic heterocycles. The first kappa shape index (κ1) is 14.2. The van der Waals surface area contributed by atoms with Crippen LogP contribution in [0.25, 0.3) is 0 Å². The van der Waals surface area contributed by atoms with Gasteiger partial charge >= 0.3 is 0 Å². The molecule has 2 heterocycles. The molecule has 0 radical (unpaired) electrons. The molecule has 0 bridgehead atoms. The summed E-state index contributed by atoms with van der Waals surface area (Å²) >= 11 is 0. The minimum atomic E-state index is -0.0165. The third-order valence-electron chi connectivity index (χ3n) is 3.02. The summed E-state index contributed by atoms with van der Waals surface area (Å²) in [4.78, 5) is 14.1. The van der Waals surface area contributed by atoms with Gasteiger partial charge in [-0.15, -0.1) is 0 Å². The fourth-order valence-corrected chi connectivity index (χ4v) is 1.99. The van der Waals surface area contributed by atoms with E-state index in [4.69, 9.17) is 10.2 Å². The minimum Gasteiger partial charge on any atom is -0.464 e. The zero-order valence-electron chi connectivity index (χ0n) is 12.0. The van der Waals surface area contributed by atoms with Crippen LogP contribution in [0.2, 0.25) is 0 Å². The van der Waals surface area contributed by atoms with E-state index in [1.807, 2.05) is 32.9 Å². The minimum absolute atomic E-state index is 0.0165. The lowest BCUT2D eigenvalue weighted by atomic mass is 10.3. The number of furan rings is 1. The molecular weight excluding hydrogens is 256 g/mol. The van der Waals surface area contributed by atoms with E-state index >= 15 is 0 Å². The van der Waals surface area contributed by atoms with E-state index in [1.165, 1.54) is 0 Å². The third kappa shape index (κ3) is 3.40. The maximum atomic E-state index is 12.4.